The second-order valence-corrected chi connectivity index (χ2v) is 2.83. The van der Waals surface area contributed by atoms with Crippen LogP contribution in [0.5, 0.6) is 0 Å². The Hall–Kier alpha value is -0.770. The maximum atomic E-state index is 10.5. The molecule has 56 valence electrons. The van der Waals surface area contributed by atoms with Crippen LogP contribution >= 0.6 is 0 Å². The van der Waals surface area contributed by atoms with Gasteiger partial charge in [0.2, 0.25) is 0 Å². The van der Waals surface area contributed by atoms with Gasteiger partial charge in [0.15, 0.2) is 0 Å². The van der Waals surface area contributed by atoms with Crippen LogP contribution in [0.2, 0.25) is 0 Å². The largest absolute Gasteiger partial charge is 0.303 e. The molecule has 10 heavy (non-hydrogen) atoms. The Morgan fingerprint density at radius 3 is 2.60 bits per heavy atom. The molecule has 0 N–H and O–H groups in total. The molecule has 0 aromatic heterocycles. The second kappa shape index (κ2) is 4.11. The Kier molecular flexibility index (Phi) is 3.79. The van der Waals surface area contributed by atoms with E-state index in [0.717, 1.165) is 19.1 Å². The van der Waals surface area contributed by atoms with Crippen molar-refractivity contribution >= 4 is 6.29 Å². The molecule has 0 aromatic rings. The van der Waals surface area contributed by atoms with Crippen LogP contribution in [0.15, 0.2) is 0 Å². The van der Waals surface area contributed by atoms with Gasteiger partial charge >= 0.3 is 0 Å². The van der Waals surface area contributed by atoms with E-state index in [-0.39, 0.29) is 5.41 Å². The van der Waals surface area contributed by atoms with E-state index in [1.807, 2.05) is 13.8 Å². The van der Waals surface area contributed by atoms with Crippen LogP contribution in [0.3, 0.4) is 0 Å². The van der Waals surface area contributed by atoms with Gasteiger partial charge in [-0.15, -0.1) is 12.3 Å². The van der Waals surface area contributed by atoms with Gasteiger partial charge in [0.1, 0.15) is 6.29 Å². The quantitative estimate of drug-likeness (QED) is 0.429. The van der Waals surface area contributed by atoms with Crippen molar-refractivity contribution in [3.05, 3.63) is 0 Å². The number of hydrogen-bond acceptors (Lipinski definition) is 1. The molecule has 0 amide bonds. The third-order valence-electron chi connectivity index (χ3n) is 1.93. The van der Waals surface area contributed by atoms with Gasteiger partial charge in [-0.05, 0) is 12.8 Å². The minimum atomic E-state index is -0.188. The van der Waals surface area contributed by atoms with E-state index < -0.39 is 0 Å². The Balaban J connectivity index is 3.83. The molecule has 0 aliphatic rings. The fourth-order valence-corrected chi connectivity index (χ4v) is 0.677. The molecule has 1 atom stereocenters. The normalized spacial score (nSPS) is 15.3. The molecule has 0 radical (unpaired) electrons. The van der Waals surface area contributed by atoms with Gasteiger partial charge in [-0.2, -0.15) is 0 Å². The molecule has 0 saturated heterocycles. The molecular weight excluding hydrogens is 124 g/mol. The monoisotopic (exact) mass is 138 g/mol. The van der Waals surface area contributed by atoms with E-state index in [9.17, 15) is 4.79 Å². The Morgan fingerprint density at radius 2 is 2.30 bits per heavy atom. The average Bonchev–Trinajstić information content (AvgIpc) is 2.00. The van der Waals surface area contributed by atoms with Gasteiger partial charge in [0.25, 0.3) is 0 Å². The van der Waals surface area contributed by atoms with Gasteiger partial charge in [0, 0.05) is 11.8 Å². The molecule has 1 nitrogen and oxygen atoms in total. The summed E-state index contributed by atoms with van der Waals surface area (Å²) in [7, 11) is 0. The van der Waals surface area contributed by atoms with Gasteiger partial charge < -0.3 is 4.79 Å². The average molecular weight is 138 g/mol. The van der Waals surface area contributed by atoms with Crippen LogP contribution < -0.4 is 0 Å². The van der Waals surface area contributed by atoms with Crippen molar-refractivity contribution in [1.29, 1.82) is 0 Å². The Labute approximate surface area is 62.8 Å². The number of hydrogen-bond donors (Lipinski definition) is 0. The third kappa shape index (κ3) is 2.68. The number of terminal acetylenes is 1. The Morgan fingerprint density at radius 1 is 1.70 bits per heavy atom. The van der Waals surface area contributed by atoms with E-state index in [4.69, 9.17) is 6.42 Å². The highest BCUT2D eigenvalue weighted by Gasteiger charge is 2.19. The summed E-state index contributed by atoms with van der Waals surface area (Å²) >= 11 is 0. The van der Waals surface area contributed by atoms with E-state index in [1.165, 1.54) is 0 Å². The standard InChI is InChI=1S/C9H14O/c1-4-6-7-9(3,5-2)8-10/h1,8H,5-7H2,2-3H3. The highest BCUT2D eigenvalue weighted by molar-refractivity contribution is 5.58. The summed E-state index contributed by atoms with van der Waals surface area (Å²) in [6, 6.07) is 0. The molecular formula is C9H14O. The summed E-state index contributed by atoms with van der Waals surface area (Å²) in [4.78, 5) is 10.5. The summed E-state index contributed by atoms with van der Waals surface area (Å²) < 4.78 is 0. The first kappa shape index (κ1) is 9.23. The van der Waals surface area contributed by atoms with Crippen molar-refractivity contribution in [2.75, 3.05) is 0 Å². The predicted octanol–water partition coefficient (Wildman–Crippen LogP) is 2.01. The van der Waals surface area contributed by atoms with Crippen LogP contribution in [-0.4, -0.2) is 6.29 Å². The van der Waals surface area contributed by atoms with Crippen LogP contribution in [0.1, 0.15) is 33.1 Å². The number of carbonyl (C=O) groups is 1. The molecule has 0 rings (SSSR count). The van der Waals surface area contributed by atoms with Crippen molar-refractivity contribution in [3.8, 4) is 12.3 Å². The van der Waals surface area contributed by atoms with Gasteiger partial charge in [-0.3, -0.25) is 0 Å². The SMILES string of the molecule is C#CCCC(C)(C=O)CC. The van der Waals surface area contributed by atoms with E-state index in [2.05, 4.69) is 5.92 Å². The Bertz CT molecular complexity index is 143. The fourth-order valence-electron chi connectivity index (χ4n) is 0.677. The molecule has 0 saturated carbocycles. The highest BCUT2D eigenvalue weighted by Crippen LogP contribution is 2.23. The molecule has 1 heteroatoms. The van der Waals surface area contributed by atoms with Gasteiger partial charge in [-0.25, -0.2) is 0 Å². The zero-order valence-corrected chi connectivity index (χ0v) is 6.68. The summed E-state index contributed by atoms with van der Waals surface area (Å²) in [5.74, 6) is 2.53. The maximum Gasteiger partial charge on any atom is 0.125 e. The van der Waals surface area contributed by atoms with E-state index in [1.54, 1.807) is 0 Å². The van der Waals surface area contributed by atoms with Crippen LogP contribution in [0.4, 0.5) is 0 Å². The first-order valence-electron chi connectivity index (χ1n) is 3.58. The summed E-state index contributed by atoms with van der Waals surface area (Å²) in [6.07, 6.45) is 8.46. The van der Waals surface area contributed by atoms with Gasteiger partial charge in [0.05, 0.1) is 0 Å². The molecule has 0 aliphatic heterocycles. The minimum Gasteiger partial charge on any atom is -0.303 e. The smallest absolute Gasteiger partial charge is 0.125 e. The lowest BCUT2D eigenvalue weighted by Crippen LogP contribution is -2.16. The van der Waals surface area contributed by atoms with Crippen LogP contribution in [-0.2, 0) is 4.79 Å². The summed E-state index contributed by atoms with van der Waals surface area (Å²) in [5, 5.41) is 0. The van der Waals surface area contributed by atoms with E-state index in [0.29, 0.717) is 6.42 Å². The van der Waals surface area contributed by atoms with Crippen molar-refractivity contribution in [2.45, 2.75) is 33.1 Å². The number of carbonyl (C=O) groups excluding carboxylic acids is 1. The molecule has 0 heterocycles. The van der Waals surface area contributed by atoms with Crippen LogP contribution in [0.25, 0.3) is 0 Å². The summed E-state index contributed by atoms with van der Waals surface area (Å²) in [6.45, 7) is 3.95. The molecule has 0 aliphatic carbocycles. The molecule has 0 aromatic carbocycles. The number of aldehydes is 1. The summed E-state index contributed by atoms with van der Waals surface area (Å²) in [5.41, 5.74) is -0.188. The highest BCUT2D eigenvalue weighted by atomic mass is 16.1. The molecule has 0 spiro atoms. The molecule has 0 fully saturated rings. The van der Waals surface area contributed by atoms with Gasteiger partial charge in [-0.1, -0.05) is 13.8 Å². The van der Waals surface area contributed by atoms with E-state index >= 15 is 0 Å². The van der Waals surface area contributed by atoms with Crippen molar-refractivity contribution in [3.63, 3.8) is 0 Å². The van der Waals surface area contributed by atoms with Crippen molar-refractivity contribution in [2.24, 2.45) is 5.41 Å². The topological polar surface area (TPSA) is 17.1 Å². The maximum absolute atomic E-state index is 10.5. The molecule has 0 bridgehead atoms. The first-order chi connectivity index (χ1) is 4.68. The minimum absolute atomic E-state index is 0.188. The van der Waals surface area contributed by atoms with Crippen molar-refractivity contribution < 1.29 is 4.79 Å². The second-order valence-electron chi connectivity index (χ2n) is 2.83. The lowest BCUT2D eigenvalue weighted by Gasteiger charge is -2.18. The van der Waals surface area contributed by atoms with Crippen molar-refractivity contribution in [1.82, 2.24) is 0 Å². The zero-order valence-electron chi connectivity index (χ0n) is 6.68. The zero-order chi connectivity index (χ0) is 8.04. The van der Waals surface area contributed by atoms with Crippen LogP contribution in [0, 0.1) is 17.8 Å². The molecule has 1 unspecified atom stereocenters. The first-order valence-corrected chi connectivity index (χ1v) is 3.58. The lowest BCUT2D eigenvalue weighted by molar-refractivity contribution is -0.115. The number of rotatable bonds is 4. The lowest BCUT2D eigenvalue weighted by atomic mass is 9.85. The fraction of sp³-hybridized carbons (Fsp3) is 0.667. The predicted molar refractivity (Wildman–Crippen MR) is 42.5 cm³/mol. The third-order valence-corrected chi connectivity index (χ3v) is 1.93.